The molecular weight excluding hydrogens is 615 g/mol. The zero-order valence-corrected chi connectivity index (χ0v) is 27.2. The van der Waals surface area contributed by atoms with Crippen molar-refractivity contribution < 1.29 is 28.6 Å². The first-order valence-electron chi connectivity index (χ1n) is 16.7. The fourth-order valence-electron chi connectivity index (χ4n) is 6.73. The summed E-state index contributed by atoms with van der Waals surface area (Å²) in [6.07, 6.45) is 2.69. The molecule has 2 aromatic carbocycles. The number of halogens is 1. The molecule has 0 spiro atoms. The maximum Gasteiger partial charge on any atom is 0.335 e. The molecule has 3 saturated heterocycles. The van der Waals surface area contributed by atoms with E-state index in [4.69, 9.17) is 19.4 Å². The van der Waals surface area contributed by atoms with Crippen molar-refractivity contribution >= 4 is 28.6 Å². The number of pyridine rings is 1. The third-order valence-electron chi connectivity index (χ3n) is 9.83. The second-order valence-corrected chi connectivity index (χ2v) is 13.1. The van der Waals surface area contributed by atoms with Gasteiger partial charge < -0.3 is 28.9 Å². The van der Waals surface area contributed by atoms with Crippen LogP contribution in [0.3, 0.4) is 0 Å². The molecule has 1 atom stereocenters. The van der Waals surface area contributed by atoms with Crippen LogP contribution in [-0.2, 0) is 24.4 Å². The molecule has 48 heavy (non-hydrogen) atoms. The molecule has 3 fully saturated rings. The molecule has 3 aliphatic rings. The van der Waals surface area contributed by atoms with E-state index in [9.17, 15) is 14.7 Å². The molecule has 252 valence electrons. The number of carboxylic acid groups (broad SMARTS) is 1. The van der Waals surface area contributed by atoms with Crippen molar-refractivity contribution in [1.82, 2.24) is 24.3 Å². The number of benzene rings is 2. The van der Waals surface area contributed by atoms with Crippen LogP contribution in [0.4, 0.5) is 10.2 Å². The molecule has 12 heteroatoms. The van der Waals surface area contributed by atoms with E-state index in [0.29, 0.717) is 30.1 Å². The first kappa shape index (κ1) is 32.2. The highest BCUT2D eigenvalue weighted by Crippen LogP contribution is 2.26. The molecule has 0 saturated carbocycles. The summed E-state index contributed by atoms with van der Waals surface area (Å²) in [6.45, 7) is 6.92. The van der Waals surface area contributed by atoms with E-state index in [1.165, 1.54) is 6.07 Å². The Bertz CT molecular complexity index is 1790. The van der Waals surface area contributed by atoms with Crippen LogP contribution in [0, 0.1) is 11.7 Å². The number of imidazole rings is 1. The minimum atomic E-state index is -0.956. The third-order valence-corrected chi connectivity index (χ3v) is 9.83. The number of piperidine rings is 1. The molecular formula is C36H41FN6O5. The maximum atomic E-state index is 15.0. The number of aromatic nitrogens is 3. The number of nitrogens with zero attached hydrogens (tertiary/aromatic N) is 6. The number of carbonyl (C=O) groups excluding carboxylic acids is 1. The zero-order valence-electron chi connectivity index (χ0n) is 27.2. The predicted molar refractivity (Wildman–Crippen MR) is 178 cm³/mol. The molecule has 11 nitrogen and oxygen atoms in total. The topological polar surface area (TPSA) is 113 Å². The van der Waals surface area contributed by atoms with E-state index in [1.54, 1.807) is 36.4 Å². The second-order valence-electron chi connectivity index (χ2n) is 13.1. The first-order valence-corrected chi connectivity index (χ1v) is 16.7. The molecule has 1 N–H and O–H groups in total. The number of ether oxygens (including phenoxy) is 2. The van der Waals surface area contributed by atoms with Crippen molar-refractivity contribution in [1.29, 1.82) is 0 Å². The van der Waals surface area contributed by atoms with E-state index in [-0.39, 0.29) is 30.0 Å². The monoisotopic (exact) mass is 656 g/mol. The lowest BCUT2D eigenvalue weighted by atomic mass is 9.89. The van der Waals surface area contributed by atoms with E-state index in [0.717, 1.165) is 87.8 Å². The van der Waals surface area contributed by atoms with Crippen LogP contribution in [0.25, 0.3) is 11.0 Å². The Balaban J connectivity index is 0.954. The fourth-order valence-corrected chi connectivity index (χ4v) is 6.73. The van der Waals surface area contributed by atoms with Gasteiger partial charge in [0.05, 0.1) is 35.8 Å². The maximum absolute atomic E-state index is 15.0. The van der Waals surface area contributed by atoms with E-state index in [1.807, 2.05) is 12.1 Å². The lowest BCUT2D eigenvalue weighted by Gasteiger charge is -2.35. The van der Waals surface area contributed by atoms with Crippen LogP contribution < -0.4 is 9.64 Å². The fraction of sp³-hybridized carbons (Fsp3) is 0.444. The molecule has 0 bridgehead atoms. The molecule has 0 unspecified atom stereocenters. The average molecular weight is 657 g/mol. The van der Waals surface area contributed by atoms with E-state index >= 15 is 4.39 Å². The number of hydrogen-bond acceptors (Lipinski definition) is 9. The number of piperazine rings is 1. The van der Waals surface area contributed by atoms with Crippen LogP contribution in [0.15, 0.2) is 54.6 Å². The highest BCUT2D eigenvalue weighted by Gasteiger charge is 2.27. The van der Waals surface area contributed by atoms with Crippen LogP contribution in [0.2, 0.25) is 0 Å². The lowest BCUT2D eigenvalue weighted by Crippen LogP contribution is -2.46. The molecule has 0 amide bonds. The molecule has 7 rings (SSSR count). The predicted octanol–water partition coefficient (Wildman–Crippen LogP) is 4.48. The first-order chi connectivity index (χ1) is 23.3. The smallest absolute Gasteiger partial charge is 0.335 e. The number of carboxylic acids is 1. The Labute approximate surface area is 278 Å². The summed E-state index contributed by atoms with van der Waals surface area (Å²) >= 11 is 0. The van der Waals surface area contributed by atoms with Gasteiger partial charge in [-0.3, -0.25) is 9.69 Å². The quantitative estimate of drug-likeness (QED) is 0.232. The van der Waals surface area contributed by atoms with Gasteiger partial charge in [0, 0.05) is 55.9 Å². The van der Waals surface area contributed by atoms with Gasteiger partial charge in [-0.15, -0.1) is 0 Å². The number of aromatic carboxylic acids is 1. The number of Topliss-reactive ketones (excluding diaryl/α,β-unsaturated/α-hetero) is 1. The van der Waals surface area contributed by atoms with Crippen molar-refractivity contribution in [3.63, 3.8) is 0 Å². The van der Waals surface area contributed by atoms with E-state index in [2.05, 4.69) is 26.3 Å². The van der Waals surface area contributed by atoms with Crippen LogP contribution in [-0.4, -0.2) is 100 Å². The third kappa shape index (κ3) is 7.06. The number of ketones is 1. The molecule has 0 aliphatic carbocycles. The lowest BCUT2D eigenvalue weighted by molar-refractivity contribution is -0.0592. The van der Waals surface area contributed by atoms with Crippen LogP contribution in [0.5, 0.6) is 5.88 Å². The van der Waals surface area contributed by atoms with Gasteiger partial charge in [0.25, 0.3) is 0 Å². The molecule has 5 heterocycles. The van der Waals surface area contributed by atoms with Crippen molar-refractivity contribution in [3.05, 3.63) is 82.9 Å². The number of anilines is 1. The normalized spacial score (nSPS) is 19.4. The number of rotatable bonds is 11. The van der Waals surface area contributed by atoms with Gasteiger partial charge in [-0.2, -0.15) is 4.98 Å². The highest BCUT2D eigenvalue weighted by molar-refractivity contribution is 5.98. The average Bonchev–Trinajstić information content (AvgIpc) is 3.42. The Morgan fingerprint density at radius 1 is 0.958 bits per heavy atom. The van der Waals surface area contributed by atoms with Gasteiger partial charge in [0.2, 0.25) is 5.88 Å². The Morgan fingerprint density at radius 2 is 1.73 bits per heavy atom. The zero-order chi connectivity index (χ0) is 33.2. The Hall–Kier alpha value is -4.39. The minimum absolute atomic E-state index is 0.0135. The van der Waals surface area contributed by atoms with Crippen LogP contribution >= 0.6 is 0 Å². The van der Waals surface area contributed by atoms with Gasteiger partial charge in [0.1, 0.15) is 24.1 Å². The van der Waals surface area contributed by atoms with Crippen molar-refractivity contribution in [2.45, 2.75) is 45.1 Å². The highest BCUT2D eigenvalue weighted by atomic mass is 19.1. The van der Waals surface area contributed by atoms with Gasteiger partial charge in [-0.05, 0) is 69.7 Å². The van der Waals surface area contributed by atoms with Crippen molar-refractivity contribution in [2.75, 3.05) is 57.8 Å². The standard InChI is InChI=1S/C36H41FN6O5/c1-40-12-9-24(10-13-40)35(44)25-5-6-27(29(37)19-25)23-48-34-4-2-3-32(39-34)42-16-14-41(15-17-42)22-33-38-30-8-7-26(36(45)46)20-31(30)43(33)21-28-11-18-47-28/h2-8,19-20,24,28H,9-18,21-23H2,1H3,(H,45,46)/t28-/m0/s1. The number of carbonyl (C=O) groups is 2. The minimum Gasteiger partial charge on any atom is -0.478 e. The van der Waals surface area contributed by atoms with Crippen LogP contribution in [0.1, 0.15) is 51.4 Å². The summed E-state index contributed by atoms with van der Waals surface area (Å²) < 4.78 is 28.7. The molecule has 0 radical (unpaired) electrons. The SMILES string of the molecule is CN1CCC(C(=O)c2ccc(COc3cccc(N4CCN(Cc5nc6ccc(C(=O)O)cc6n5C[C@@H]5CCO5)CC4)n3)c(F)c2)CC1. The van der Waals surface area contributed by atoms with Gasteiger partial charge >= 0.3 is 5.97 Å². The largest absolute Gasteiger partial charge is 0.478 e. The molecule has 4 aromatic rings. The Kier molecular flexibility index (Phi) is 9.38. The van der Waals surface area contributed by atoms with E-state index < -0.39 is 11.8 Å². The summed E-state index contributed by atoms with van der Waals surface area (Å²) in [5.41, 5.74) is 2.64. The Morgan fingerprint density at radius 3 is 2.44 bits per heavy atom. The molecule has 2 aromatic heterocycles. The van der Waals surface area contributed by atoms with Gasteiger partial charge in [-0.1, -0.05) is 18.2 Å². The second kappa shape index (κ2) is 14.0. The summed E-state index contributed by atoms with van der Waals surface area (Å²) in [5.74, 6) is 0.660. The number of fused-ring (bicyclic) bond motifs is 1. The van der Waals surface area contributed by atoms with Crippen molar-refractivity contribution in [3.8, 4) is 5.88 Å². The number of hydrogen-bond donors (Lipinski definition) is 1. The number of likely N-dealkylation sites (tertiary alicyclic amines) is 1. The van der Waals surface area contributed by atoms with Crippen molar-refractivity contribution in [2.24, 2.45) is 5.92 Å². The summed E-state index contributed by atoms with van der Waals surface area (Å²) in [4.78, 5) is 40.9. The van der Waals surface area contributed by atoms with Gasteiger partial charge in [-0.25, -0.2) is 14.2 Å². The summed E-state index contributed by atoms with van der Waals surface area (Å²) in [7, 11) is 2.05. The van der Waals surface area contributed by atoms with Gasteiger partial charge in [0.15, 0.2) is 5.78 Å². The summed E-state index contributed by atoms with van der Waals surface area (Å²) in [5, 5.41) is 9.53. The summed E-state index contributed by atoms with van der Waals surface area (Å²) in [6, 6.07) is 15.4. The molecule has 3 aliphatic heterocycles.